The second-order valence-electron chi connectivity index (χ2n) is 4.22. The Hall–Kier alpha value is -3.00. The number of anilines is 2. The van der Waals surface area contributed by atoms with Crippen LogP contribution >= 0.6 is 0 Å². The van der Waals surface area contributed by atoms with Crippen LogP contribution in [-0.4, -0.2) is 23.4 Å². The zero-order valence-corrected chi connectivity index (χ0v) is 11.4. The van der Waals surface area contributed by atoms with Gasteiger partial charge in [0, 0.05) is 11.9 Å². The van der Waals surface area contributed by atoms with Gasteiger partial charge >= 0.3 is 0 Å². The molecule has 0 unspecified atom stereocenters. The van der Waals surface area contributed by atoms with Crippen molar-refractivity contribution in [3.8, 4) is 0 Å². The van der Waals surface area contributed by atoms with E-state index in [9.17, 15) is 14.0 Å². The number of aromatic nitrogens is 1. The van der Waals surface area contributed by atoms with Gasteiger partial charge in [-0.2, -0.15) is 0 Å². The zero-order chi connectivity index (χ0) is 15.9. The highest BCUT2D eigenvalue weighted by Gasteiger charge is 2.13. The van der Waals surface area contributed by atoms with Crippen molar-refractivity contribution in [1.82, 2.24) is 10.5 Å². The van der Waals surface area contributed by atoms with Gasteiger partial charge in [0.25, 0.3) is 5.91 Å². The molecule has 0 fully saturated rings. The SMILES string of the molecule is NC(=O)CONC(=O)c1cccnc1Nc1cccc(F)c1. The summed E-state index contributed by atoms with van der Waals surface area (Å²) in [5.74, 6) is -1.54. The molecule has 0 aliphatic rings. The highest BCUT2D eigenvalue weighted by atomic mass is 19.1. The third-order valence-electron chi connectivity index (χ3n) is 2.52. The van der Waals surface area contributed by atoms with Gasteiger partial charge in [0.1, 0.15) is 11.6 Å². The van der Waals surface area contributed by atoms with E-state index in [0.717, 1.165) is 0 Å². The lowest BCUT2D eigenvalue weighted by atomic mass is 10.2. The maximum atomic E-state index is 13.2. The molecule has 4 N–H and O–H groups in total. The molecular weight excluding hydrogens is 291 g/mol. The summed E-state index contributed by atoms with van der Waals surface area (Å²) in [5.41, 5.74) is 7.56. The monoisotopic (exact) mass is 304 g/mol. The molecule has 0 aliphatic heterocycles. The summed E-state index contributed by atoms with van der Waals surface area (Å²) in [6.07, 6.45) is 1.47. The van der Waals surface area contributed by atoms with Crippen molar-refractivity contribution in [3.05, 3.63) is 54.0 Å². The number of nitrogens with two attached hydrogens (primary N) is 1. The smallest absolute Gasteiger partial charge is 0.278 e. The molecule has 0 saturated carbocycles. The third-order valence-corrected chi connectivity index (χ3v) is 2.52. The number of rotatable bonds is 6. The molecule has 0 bridgehead atoms. The number of hydrogen-bond donors (Lipinski definition) is 3. The van der Waals surface area contributed by atoms with Crippen molar-refractivity contribution in [2.75, 3.05) is 11.9 Å². The van der Waals surface area contributed by atoms with E-state index >= 15 is 0 Å². The third kappa shape index (κ3) is 4.25. The number of carbonyl (C=O) groups is 2. The maximum absolute atomic E-state index is 13.2. The van der Waals surface area contributed by atoms with E-state index in [-0.39, 0.29) is 11.4 Å². The first-order valence-electron chi connectivity index (χ1n) is 6.24. The van der Waals surface area contributed by atoms with Crippen LogP contribution in [0.2, 0.25) is 0 Å². The van der Waals surface area contributed by atoms with Crippen LogP contribution in [0.1, 0.15) is 10.4 Å². The molecule has 0 saturated heterocycles. The average Bonchev–Trinajstić information content (AvgIpc) is 2.47. The van der Waals surface area contributed by atoms with Crippen molar-refractivity contribution in [2.45, 2.75) is 0 Å². The first-order valence-corrected chi connectivity index (χ1v) is 6.24. The molecule has 0 radical (unpaired) electrons. The molecular formula is C14H13FN4O3. The molecule has 0 spiro atoms. The number of benzene rings is 1. The van der Waals surface area contributed by atoms with Gasteiger partial charge in [-0.05, 0) is 30.3 Å². The molecule has 2 aromatic rings. The number of hydrogen-bond acceptors (Lipinski definition) is 5. The molecule has 1 aromatic heterocycles. The summed E-state index contributed by atoms with van der Waals surface area (Å²) in [7, 11) is 0. The van der Waals surface area contributed by atoms with Gasteiger partial charge in [-0.25, -0.2) is 14.9 Å². The Labute approximate surface area is 125 Å². The Bertz CT molecular complexity index is 693. The molecule has 7 nitrogen and oxygen atoms in total. The van der Waals surface area contributed by atoms with E-state index in [1.54, 1.807) is 12.1 Å². The largest absolute Gasteiger partial charge is 0.368 e. The minimum Gasteiger partial charge on any atom is -0.368 e. The number of primary amides is 1. The molecule has 0 aliphatic carbocycles. The standard InChI is InChI=1S/C14H13FN4O3/c15-9-3-1-4-10(7-9)18-13-11(5-2-6-17-13)14(21)19-22-8-12(16)20/h1-7H,8H2,(H2,16,20)(H,17,18)(H,19,21). The summed E-state index contributed by atoms with van der Waals surface area (Å²) in [4.78, 5) is 31.2. The molecule has 2 amide bonds. The Kier molecular flexibility index (Phi) is 4.99. The predicted octanol–water partition coefficient (Wildman–Crippen LogP) is 1.11. The Balaban J connectivity index is 2.12. The van der Waals surface area contributed by atoms with E-state index in [2.05, 4.69) is 20.6 Å². The molecule has 1 heterocycles. The quantitative estimate of drug-likeness (QED) is 0.693. The Morgan fingerprint density at radius 3 is 2.82 bits per heavy atom. The summed E-state index contributed by atoms with van der Waals surface area (Å²) in [6, 6.07) is 8.77. The van der Waals surface area contributed by atoms with Gasteiger partial charge in [0.2, 0.25) is 5.91 Å². The summed E-state index contributed by atoms with van der Waals surface area (Å²) < 4.78 is 13.2. The summed E-state index contributed by atoms with van der Waals surface area (Å²) in [5, 5.41) is 2.83. The number of carbonyl (C=O) groups excluding carboxylic acids is 2. The van der Waals surface area contributed by atoms with E-state index < -0.39 is 24.2 Å². The molecule has 114 valence electrons. The van der Waals surface area contributed by atoms with Crippen LogP contribution in [0.15, 0.2) is 42.6 Å². The van der Waals surface area contributed by atoms with Crippen molar-refractivity contribution in [3.63, 3.8) is 0 Å². The lowest BCUT2D eigenvalue weighted by molar-refractivity contribution is -0.124. The van der Waals surface area contributed by atoms with Gasteiger partial charge in [0.15, 0.2) is 6.61 Å². The van der Waals surface area contributed by atoms with E-state index in [4.69, 9.17) is 5.73 Å². The predicted molar refractivity (Wildman–Crippen MR) is 76.5 cm³/mol. The molecule has 22 heavy (non-hydrogen) atoms. The number of pyridine rings is 1. The number of nitrogens with one attached hydrogen (secondary N) is 2. The van der Waals surface area contributed by atoms with E-state index in [1.165, 1.54) is 30.5 Å². The Morgan fingerprint density at radius 1 is 1.27 bits per heavy atom. The number of nitrogens with zero attached hydrogens (tertiary/aromatic N) is 1. The number of halogens is 1. The van der Waals surface area contributed by atoms with Crippen molar-refractivity contribution >= 4 is 23.3 Å². The van der Waals surface area contributed by atoms with Crippen molar-refractivity contribution in [2.24, 2.45) is 5.73 Å². The highest BCUT2D eigenvalue weighted by Crippen LogP contribution is 2.19. The minimum absolute atomic E-state index is 0.163. The minimum atomic E-state index is -0.718. The van der Waals surface area contributed by atoms with Crippen LogP contribution in [0.5, 0.6) is 0 Å². The van der Waals surface area contributed by atoms with Crippen LogP contribution < -0.4 is 16.5 Å². The van der Waals surface area contributed by atoms with Crippen LogP contribution in [-0.2, 0) is 9.63 Å². The first kappa shape index (κ1) is 15.4. The van der Waals surface area contributed by atoms with Crippen molar-refractivity contribution < 1.29 is 18.8 Å². The normalized spacial score (nSPS) is 10.0. The van der Waals surface area contributed by atoms with Crippen molar-refractivity contribution in [1.29, 1.82) is 0 Å². The fourth-order valence-corrected chi connectivity index (χ4v) is 1.62. The van der Waals surface area contributed by atoms with Crippen LogP contribution in [0.4, 0.5) is 15.9 Å². The molecule has 1 aromatic carbocycles. The van der Waals surface area contributed by atoms with Gasteiger partial charge in [-0.15, -0.1) is 0 Å². The van der Waals surface area contributed by atoms with Gasteiger partial charge < -0.3 is 11.1 Å². The first-order chi connectivity index (χ1) is 10.6. The molecule has 0 atom stereocenters. The average molecular weight is 304 g/mol. The van der Waals surface area contributed by atoms with Gasteiger partial charge in [0.05, 0.1) is 5.56 Å². The van der Waals surface area contributed by atoms with Gasteiger partial charge in [-0.3, -0.25) is 14.4 Å². The van der Waals surface area contributed by atoms with E-state index in [1.807, 2.05) is 0 Å². The number of amides is 2. The fourth-order valence-electron chi connectivity index (χ4n) is 1.62. The molecule has 8 heteroatoms. The summed E-state index contributed by atoms with van der Waals surface area (Å²) >= 11 is 0. The van der Waals surface area contributed by atoms with Crippen LogP contribution in [0, 0.1) is 5.82 Å². The van der Waals surface area contributed by atoms with Crippen LogP contribution in [0.25, 0.3) is 0 Å². The van der Waals surface area contributed by atoms with Crippen LogP contribution in [0.3, 0.4) is 0 Å². The molecule has 2 rings (SSSR count). The second-order valence-corrected chi connectivity index (χ2v) is 4.22. The lowest BCUT2D eigenvalue weighted by Gasteiger charge is -2.10. The second kappa shape index (κ2) is 7.14. The fraction of sp³-hybridized carbons (Fsp3) is 0.0714. The topological polar surface area (TPSA) is 106 Å². The zero-order valence-electron chi connectivity index (χ0n) is 11.4. The number of hydroxylamine groups is 1. The van der Waals surface area contributed by atoms with E-state index in [0.29, 0.717) is 5.69 Å². The Morgan fingerprint density at radius 2 is 2.09 bits per heavy atom. The lowest BCUT2D eigenvalue weighted by Crippen LogP contribution is -2.29. The summed E-state index contributed by atoms with van der Waals surface area (Å²) in [6.45, 7) is -0.446. The maximum Gasteiger partial charge on any atom is 0.278 e. The highest BCUT2D eigenvalue weighted by molar-refractivity contribution is 5.98. The van der Waals surface area contributed by atoms with Gasteiger partial charge in [-0.1, -0.05) is 6.07 Å².